The molecule has 0 saturated heterocycles. The molecule has 0 aromatic heterocycles. The topological polar surface area (TPSA) is 64.7 Å². The largest absolute Gasteiger partial charge is 0.504 e. The third-order valence-electron chi connectivity index (χ3n) is 4.65. The van der Waals surface area contributed by atoms with Gasteiger partial charge in [0.25, 0.3) is 0 Å². The molecule has 23 heavy (non-hydrogen) atoms. The molecule has 0 aliphatic carbocycles. The van der Waals surface area contributed by atoms with Gasteiger partial charge in [-0.2, -0.15) is 0 Å². The second kappa shape index (κ2) is 7.55. The van der Waals surface area contributed by atoms with Crippen LogP contribution in [-0.4, -0.2) is 33.2 Å². The van der Waals surface area contributed by atoms with Crippen LogP contribution in [0.2, 0.25) is 18.1 Å². The number of aromatic hydroxyl groups is 1. The summed E-state index contributed by atoms with van der Waals surface area (Å²) in [5.74, 6) is 0.632. The molecular formula is C17H30BrNO3Si. The lowest BCUT2D eigenvalue weighted by Gasteiger charge is -2.37. The van der Waals surface area contributed by atoms with Crippen molar-refractivity contribution in [2.24, 2.45) is 5.73 Å². The first-order valence-electron chi connectivity index (χ1n) is 7.85. The van der Waals surface area contributed by atoms with Gasteiger partial charge in [0, 0.05) is 22.7 Å². The number of ether oxygens (including phenoxy) is 1. The fraction of sp³-hybridized carbons (Fsp3) is 0.647. The van der Waals surface area contributed by atoms with Crippen molar-refractivity contribution in [3.05, 3.63) is 21.7 Å². The monoisotopic (exact) mass is 403 g/mol. The summed E-state index contributed by atoms with van der Waals surface area (Å²) < 4.78 is 12.3. The number of halogens is 1. The van der Waals surface area contributed by atoms with E-state index in [1.165, 1.54) is 0 Å². The van der Waals surface area contributed by atoms with Gasteiger partial charge in [0.2, 0.25) is 0 Å². The van der Waals surface area contributed by atoms with Crippen LogP contribution in [-0.2, 0) is 10.8 Å². The Bertz CT molecular complexity index is 556. The van der Waals surface area contributed by atoms with Crippen molar-refractivity contribution in [1.29, 1.82) is 0 Å². The third kappa shape index (κ3) is 4.95. The van der Waals surface area contributed by atoms with Crippen molar-refractivity contribution >= 4 is 24.2 Å². The Kier molecular flexibility index (Phi) is 6.72. The Labute approximate surface area is 149 Å². The van der Waals surface area contributed by atoms with E-state index in [4.69, 9.17) is 14.9 Å². The van der Waals surface area contributed by atoms with Crippen molar-refractivity contribution in [2.45, 2.75) is 58.3 Å². The second-order valence-electron chi connectivity index (χ2n) is 7.56. The maximum absolute atomic E-state index is 10.1. The van der Waals surface area contributed by atoms with Crippen LogP contribution in [0.3, 0.4) is 0 Å². The van der Waals surface area contributed by atoms with Gasteiger partial charge in [-0.25, -0.2) is 0 Å². The standard InChI is InChI=1S/C17H30BrNO3Si/c1-11-15(18)12(9-14(20)16(11)21-5)8-13(19)10-22-23(6,7)17(2,3)4/h9,13,20H,8,10,19H2,1-7H3/t13-/m0/s1. The molecule has 0 heterocycles. The molecule has 132 valence electrons. The van der Waals surface area contributed by atoms with Crippen molar-refractivity contribution in [2.75, 3.05) is 13.7 Å². The zero-order valence-corrected chi connectivity index (χ0v) is 17.9. The Morgan fingerprint density at radius 1 is 1.35 bits per heavy atom. The van der Waals surface area contributed by atoms with Crippen molar-refractivity contribution in [3.8, 4) is 11.5 Å². The molecule has 1 rings (SSSR count). The van der Waals surface area contributed by atoms with Crippen molar-refractivity contribution in [1.82, 2.24) is 0 Å². The van der Waals surface area contributed by atoms with Gasteiger partial charge < -0.3 is 20.0 Å². The van der Waals surface area contributed by atoms with Gasteiger partial charge in [0.05, 0.1) is 7.11 Å². The summed E-state index contributed by atoms with van der Waals surface area (Å²) >= 11 is 3.58. The molecule has 1 aromatic rings. The molecule has 0 spiro atoms. The predicted molar refractivity (Wildman–Crippen MR) is 102 cm³/mol. The number of methoxy groups -OCH3 is 1. The lowest BCUT2D eigenvalue weighted by Crippen LogP contribution is -2.44. The van der Waals surface area contributed by atoms with Crippen LogP contribution in [0.1, 0.15) is 31.9 Å². The SMILES string of the molecule is COc1c(O)cc(C[C@H](N)CO[Si](C)(C)C(C)(C)C)c(Br)c1C. The number of phenolic OH excluding ortho intramolecular Hbond substituents is 1. The Balaban J connectivity index is 2.81. The predicted octanol–water partition coefficient (Wildman–Crippen LogP) is 4.36. The molecule has 0 bridgehead atoms. The van der Waals surface area contributed by atoms with Gasteiger partial charge >= 0.3 is 0 Å². The minimum absolute atomic E-state index is 0.118. The number of benzene rings is 1. The molecule has 0 radical (unpaired) electrons. The van der Waals surface area contributed by atoms with Crippen molar-refractivity contribution in [3.63, 3.8) is 0 Å². The highest BCUT2D eigenvalue weighted by Gasteiger charge is 2.37. The third-order valence-corrected chi connectivity index (χ3v) is 10.3. The molecule has 0 aliphatic rings. The first kappa shape index (κ1) is 20.5. The molecule has 0 aliphatic heterocycles. The molecule has 0 fully saturated rings. The molecular weight excluding hydrogens is 374 g/mol. The van der Waals surface area contributed by atoms with E-state index >= 15 is 0 Å². The molecule has 0 amide bonds. The van der Waals surface area contributed by atoms with Crippen LogP contribution in [0, 0.1) is 6.92 Å². The molecule has 0 saturated carbocycles. The van der Waals surface area contributed by atoms with Crippen LogP contribution in [0.4, 0.5) is 0 Å². The highest BCUT2D eigenvalue weighted by atomic mass is 79.9. The van der Waals surface area contributed by atoms with Gasteiger partial charge in [-0.05, 0) is 43.1 Å². The summed E-state index contributed by atoms with van der Waals surface area (Å²) in [7, 11) is -0.248. The van der Waals surface area contributed by atoms with Crippen LogP contribution in [0.5, 0.6) is 11.5 Å². The number of phenols is 1. The Hall–Kier alpha value is -0.563. The maximum Gasteiger partial charge on any atom is 0.192 e. The highest BCUT2D eigenvalue weighted by molar-refractivity contribution is 9.10. The number of rotatable bonds is 6. The summed E-state index contributed by atoms with van der Waals surface area (Å²) in [4.78, 5) is 0. The fourth-order valence-electron chi connectivity index (χ4n) is 2.11. The average Bonchev–Trinajstić information content (AvgIpc) is 2.41. The molecule has 0 unspecified atom stereocenters. The zero-order chi connectivity index (χ0) is 18.0. The minimum atomic E-state index is -1.80. The minimum Gasteiger partial charge on any atom is -0.504 e. The maximum atomic E-state index is 10.1. The highest BCUT2D eigenvalue weighted by Crippen LogP contribution is 2.38. The van der Waals surface area contributed by atoms with E-state index in [1.807, 2.05) is 6.92 Å². The molecule has 3 N–H and O–H groups in total. The van der Waals surface area contributed by atoms with Gasteiger partial charge in [-0.15, -0.1) is 0 Å². The summed E-state index contributed by atoms with van der Waals surface area (Å²) in [5.41, 5.74) is 8.10. The Morgan fingerprint density at radius 3 is 2.39 bits per heavy atom. The van der Waals surface area contributed by atoms with Crippen LogP contribution in [0.15, 0.2) is 10.5 Å². The van der Waals surface area contributed by atoms with E-state index in [2.05, 4.69) is 49.8 Å². The normalized spacial score (nSPS) is 14.0. The van der Waals surface area contributed by atoms with Gasteiger partial charge in [-0.3, -0.25) is 0 Å². The van der Waals surface area contributed by atoms with Crippen LogP contribution < -0.4 is 10.5 Å². The van der Waals surface area contributed by atoms with E-state index in [-0.39, 0.29) is 16.8 Å². The van der Waals surface area contributed by atoms with E-state index < -0.39 is 8.32 Å². The number of hydrogen-bond acceptors (Lipinski definition) is 4. The van der Waals surface area contributed by atoms with Gasteiger partial charge in [-0.1, -0.05) is 36.7 Å². The number of nitrogens with two attached hydrogens (primary N) is 1. The van der Waals surface area contributed by atoms with Crippen molar-refractivity contribution < 1.29 is 14.3 Å². The first-order valence-corrected chi connectivity index (χ1v) is 11.5. The molecule has 4 nitrogen and oxygen atoms in total. The summed E-state index contributed by atoms with van der Waals surface area (Å²) in [6.07, 6.45) is 0.633. The first-order chi connectivity index (χ1) is 10.4. The van der Waals surface area contributed by atoms with Crippen LogP contribution in [0.25, 0.3) is 0 Å². The lowest BCUT2D eigenvalue weighted by atomic mass is 10.0. The fourth-order valence-corrected chi connectivity index (χ4v) is 3.63. The van der Waals surface area contributed by atoms with E-state index in [0.29, 0.717) is 18.8 Å². The lowest BCUT2D eigenvalue weighted by molar-refractivity contribution is 0.262. The molecule has 1 aromatic carbocycles. The number of hydrogen-bond donors (Lipinski definition) is 2. The van der Waals surface area contributed by atoms with E-state index in [0.717, 1.165) is 15.6 Å². The second-order valence-corrected chi connectivity index (χ2v) is 13.2. The average molecular weight is 404 g/mol. The summed E-state index contributed by atoms with van der Waals surface area (Å²) in [5, 5.41) is 10.2. The quantitative estimate of drug-likeness (QED) is 0.692. The molecule has 1 atom stereocenters. The Morgan fingerprint density at radius 2 is 1.91 bits per heavy atom. The summed E-state index contributed by atoms with van der Waals surface area (Å²) in [6, 6.07) is 1.59. The van der Waals surface area contributed by atoms with Gasteiger partial charge in [0.15, 0.2) is 19.8 Å². The smallest absolute Gasteiger partial charge is 0.192 e. The van der Waals surface area contributed by atoms with E-state index in [9.17, 15) is 5.11 Å². The van der Waals surface area contributed by atoms with Crippen LogP contribution >= 0.6 is 15.9 Å². The van der Waals surface area contributed by atoms with E-state index in [1.54, 1.807) is 13.2 Å². The zero-order valence-electron chi connectivity index (χ0n) is 15.3. The molecule has 6 heteroatoms. The van der Waals surface area contributed by atoms with Gasteiger partial charge in [0.1, 0.15) is 0 Å². The summed E-state index contributed by atoms with van der Waals surface area (Å²) in [6.45, 7) is 13.5.